The first-order valence-electron chi connectivity index (χ1n) is 8.37. The molecule has 1 aliphatic heterocycles. The molecule has 3 heterocycles. The summed E-state index contributed by atoms with van der Waals surface area (Å²) >= 11 is 0. The summed E-state index contributed by atoms with van der Waals surface area (Å²) in [5, 5.41) is 9.01. The quantitative estimate of drug-likeness (QED) is 0.705. The summed E-state index contributed by atoms with van der Waals surface area (Å²) in [7, 11) is 0. The Balaban J connectivity index is 1.46. The van der Waals surface area contributed by atoms with Crippen LogP contribution in [-0.4, -0.2) is 51.9 Å². The standard InChI is InChI=1S/C19H16N6O/c20-12-14-5-6-21-18(11-14)24-7-9-25(10-8-24)19(26)17-13-22-15-3-1-2-4-16(15)23-17/h1-6,11,13H,7-10H2. The summed E-state index contributed by atoms with van der Waals surface area (Å²) in [6, 6.07) is 13.1. The number of carbonyl (C=O) groups excluding carboxylic acids is 1. The highest BCUT2D eigenvalue weighted by Gasteiger charge is 2.24. The first-order valence-corrected chi connectivity index (χ1v) is 8.37. The Bertz CT molecular complexity index is 1000. The van der Waals surface area contributed by atoms with Crippen molar-refractivity contribution in [2.45, 2.75) is 0 Å². The van der Waals surface area contributed by atoms with Crippen molar-refractivity contribution in [3.63, 3.8) is 0 Å². The van der Waals surface area contributed by atoms with E-state index >= 15 is 0 Å². The van der Waals surface area contributed by atoms with Crippen molar-refractivity contribution in [2.24, 2.45) is 0 Å². The Morgan fingerprint density at radius 1 is 1.04 bits per heavy atom. The molecule has 7 heteroatoms. The molecule has 0 radical (unpaired) electrons. The second-order valence-corrected chi connectivity index (χ2v) is 6.04. The van der Waals surface area contributed by atoms with Crippen molar-refractivity contribution in [3.05, 3.63) is 60.0 Å². The summed E-state index contributed by atoms with van der Waals surface area (Å²) < 4.78 is 0. The number of hydrogen-bond acceptors (Lipinski definition) is 6. The zero-order valence-corrected chi connectivity index (χ0v) is 14.0. The van der Waals surface area contributed by atoms with E-state index in [2.05, 4.69) is 25.9 Å². The Hall–Kier alpha value is -3.53. The molecule has 0 saturated carbocycles. The second kappa shape index (κ2) is 6.76. The topological polar surface area (TPSA) is 86.0 Å². The minimum absolute atomic E-state index is 0.110. The number of carbonyl (C=O) groups is 1. The first-order chi connectivity index (χ1) is 12.7. The molecule has 1 saturated heterocycles. The zero-order chi connectivity index (χ0) is 17.9. The molecule has 3 aromatic rings. The third kappa shape index (κ3) is 3.05. The van der Waals surface area contributed by atoms with Crippen LogP contribution in [0.5, 0.6) is 0 Å². The fraction of sp³-hybridized carbons (Fsp3) is 0.211. The SMILES string of the molecule is N#Cc1ccnc(N2CCN(C(=O)c3cnc4ccccc4n3)CC2)c1. The Labute approximate surface area is 150 Å². The Kier molecular flexibility index (Phi) is 4.15. The summed E-state index contributed by atoms with van der Waals surface area (Å²) in [4.78, 5) is 29.7. The molecule has 0 aliphatic carbocycles. The monoisotopic (exact) mass is 344 g/mol. The van der Waals surface area contributed by atoms with Gasteiger partial charge in [0.25, 0.3) is 5.91 Å². The van der Waals surface area contributed by atoms with Crippen molar-refractivity contribution in [1.82, 2.24) is 19.9 Å². The molecular formula is C19H16N6O. The third-order valence-electron chi connectivity index (χ3n) is 4.43. The smallest absolute Gasteiger partial charge is 0.274 e. The first kappa shape index (κ1) is 16.0. The number of aromatic nitrogens is 3. The molecule has 7 nitrogen and oxygen atoms in total. The number of pyridine rings is 1. The highest BCUT2D eigenvalue weighted by Crippen LogP contribution is 2.16. The van der Waals surface area contributed by atoms with Crippen molar-refractivity contribution in [2.75, 3.05) is 31.1 Å². The summed E-state index contributed by atoms with van der Waals surface area (Å²) in [6.07, 6.45) is 3.17. The largest absolute Gasteiger partial charge is 0.353 e. The van der Waals surface area contributed by atoms with E-state index in [-0.39, 0.29) is 5.91 Å². The van der Waals surface area contributed by atoms with E-state index in [9.17, 15) is 4.79 Å². The molecule has 1 fully saturated rings. The number of anilines is 1. The Morgan fingerprint density at radius 3 is 2.58 bits per heavy atom. The maximum atomic E-state index is 12.7. The van der Waals surface area contributed by atoms with Crippen molar-refractivity contribution >= 4 is 22.8 Å². The van der Waals surface area contributed by atoms with Crippen LogP contribution in [0, 0.1) is 11.3 Å². The predicted molar refractivity (Wildman–Crippen MR) is 96.6 cm³/mol. The van der Waals surface area contributed by atoms with Gasteiger partial charge in [-0.15, -0.1) is 0 Å². The molecule has 0 N–H and O–H groups in total. The van der Waals surface area contributed by atoms with Crippen LogP contribution in [0.2, 0.25) is 0 Å². The average molecular weight is 344 g/mol. The van der Waals surface area contributed by atoms with E-state index in [1.54, 1.807) is 23.2 Å². The predicted octanol–water partition coefficient (Wildman–Crippen LogP) is 1.86. The fourth-order valence-corrected chi connectivity index (χ4v) is 3.02. The molecule has 128 valence electrons. The molecule has 1 aromatic carbocycles. The molecule has 4 rings (SSSR count). The van der Waals surface area contributed by atoms with Crippen LogP contribution >= 0.6 is 0 Å². The number of piperazine rings is 1. The fourth-order valence-electron chi connectivity index (χ4n) is 3.02. The van der Waals surface area contributed by atoms with Gasteiger partial charge in [-0.2, -0.15) is 5.26 Å². The van der Waals surface area contributed by atoms with Gasteiger partial charge < -0.3 is 9.80 Å². The number of fused-ring (bicyclic) bond motifs is 1. The van der Waals surface area contributed by atoms with E-state index in [4.69, 9.17) is 5.26 Å². The summed E-state index contributed by atoms with van der Waals surface area (Å²) in [5.41, 5.74) is 2.44. The maximum Gasteiger partial charge on any atom is 0.274 e. The van der Waals surface area contributed by atoms with Crippen LogP contribution in [0.25, 0.3) is 11.0 Å². The lowest BCUT2D eigenvalue weighted by molar-refractivity contribution is 0.0740. The van der Waals surface area contributed by atoms with Gasteiger partial charge in [-0.05, 0) is 24.3 Å². The van der Waals surface area contributed by atoms with Gasteiger partial charge in [-0.3, -0.25) is 9.78 Å². The third-order valence-corrected chi connectivity index (χ3v) is 4.43. The average Bonchev–Trinajstić information content (AvgIpc) is 2.73. The highest BCUT2D eigenvalue weighted by atomic mass is 16.2. The van der Waals surface area contributed by atoms with E-state index in [0.29, 0.717) is 37.4 Å². The number of para-hydroxylation sites is 2. The molecule has 2 aromatic heterocycles. The van der Waals surface area contributed by atoms with Crippen LogP contribution in [0.4, 0.5) is 5.82 Å². The van der Waals surface area contributed by atoms with Crippen molar-refractivity contribution in [3.8, 4) is 6.07 Å². The van der Waals surface area contributed by atoms with Gasteiger partial charge in [0.1, 0.15) is 11.5 Å². The number of nitrogens with zero attached hydrogens (tertiary/aromatic N) is 6. The minimum atomic E-state index is -0.110. The lowest BCUT2D eigenvalue weighted by Gasteiger charge is -2.35. The minimum Gasteiger partial charge on any atom is -0.353 e. The van der Waals surface area contributed by atoms with E-state index in [1.165, 1.54) is 6.20 Å². The lowest BCUT2D eigenvalue weighted by Crippen LogP contribution is -2.49. The number of rotatable bonds is 2. The molecule has 1 aliphatic rings. The van der Waals surface area contributed by atoms with Crippen molar-refractivity contribution < 1.29 is 4.79 Å². The van der Waals surface area contributed by atoms with E-state index < -0.39 is 0 Å². The van der Waals surface area contributed by atoms with Crippen LogP contribution < -0.4 is 4.90 Å². The van der Waals surface area contributed by atoms with Crippen molar-refractivity contribution in [1.29, 1.82) is 5.26 Å². The van der Waals surface area contributed by atoms with Gasteiger partial charge in [0.15, 0.2) is 0 Å². The molecular weight excluding hydrogens is 328 g/mol. The van der Waals surface area contributed by atoms with Gasteiger partial charge in [-0.25, -0.2) is 9.97 Å². The number of benzene rings is 1. The Morgan fingerprint density at radius 2 is 1.81 bits per heavy atom. The zero-order valence-electron chi connectivity index (χ0n) is 14.0. The maximum absolute atomic E-state index is 12.7. The highest BCUT2D eigenvalue weighted by molar-refractivity contribution is 5.94. The van der Waals surface area contributed by atoms with Gasteiger partial charge >= 0.3 is 0 Å². The molecule has 26 heavy (non-hydrogen) atoms. The summed E-state index contributed by atoms with van der Waals surface area (Å²) in [6.45, 7) is 2.47. The van der Waals surface area contributed by atoms with Crippen LogP contribution in [0.1, 0.15) is 16.1 Å². The molecule has 0 spiro atoms. The van der Waals surface area contributed by atoms with Gasteiger partial charge in [0, 0.05) is 32.4 Å². The normalized spacial score (nSPS) is 14.3. The van der Waals surface area contributed by atoms with Gasteiger partial charge in [0.2, 0.25) is 0 Å². The summed E-state index contributed by atoms with van der Waals surface area (Å²) in [5.74, 6) is 0.656. The molecule has 0 bridgehead atoms. The van der Waals surface area contributed by atoms with Gasteiger partial charge in [0.05, 0.1) is 28.9 Å². The number of nitriles is 1. The number of amides is 1. The second-order valence-electron chi connectivity index (χ2n) is 6.04. The van der Waals surface area contributed by atoms with Crippen LogP contribution in [0.3, 0.4) is 0 Å². The van der Waals surface area contributed by atoms with E-state index in [1.807, 2.05) is 24.3 Å². The molecule has 0 atom stereocenters. The molecule has 1 amide bonds. The van der Waals surface area contributed by atoms with Crippen LogP contribution in [-0.2, 0) is 0 Å². The van der Waals surface area contributed by atoms with E-state index in [0.717, 1.165) is 16.9 Å². The van der Waals surface area contributed by atoms with Crippen LogP contribution in [0.15, 0.2) is 48.8 Å². The number of hydrogen-bond donors (Lipinski definition) is 0. The molecule has 0 unspecified atom stereocenters. The lowest BCUT2D eigenvalue weighted by atomic mass is 10.2. The van der Waals surface area contributed by atoms with Gasteiger partial charge in [-0.1, -0.05) is 12.1 Å².